The molecule has 15 heteroatoms. The monoisotopic (exact) mass is 696 g/mol. The van der Waals surface area contributed by atoms with Crippen molar-refractivity contribution in [3.05, 3.63) is 90.5 Å². The number of nitrogens with zero attached hydrogens (tertiary/aromatic N) is 3. The highest BCUT2D eigenvalue weighted by Gasteiger charge is 2.56. The summed E-state index contributed by atoms with van der Waals surface area (Å²) in [7, 11) is 0. The number of thioether (sulfide) groups is 1. The van der Waals surface area contributed by atoms with Crippen molar-refractivity contribution in [2.75, 3.05) is 12.3 Å². The number of non-ortho nitro benzene ring substituents is 2. The summed E-state index contributed by atoms with van der Waals surface area (Å²) in [4.78, 5) is 60.8. The van der Waals surface area contributed by atoms with Crippen molar-refractivity contribution >= 4 is 63.7 Å². The SMILES string of the molecule is CC(I)C1C(=O)N2C(C(=O)OCc3ccc([N+](=O)[O-])cc3)=C(SCCNC(=O)OCc3ccc([N+](=O)[O-])cc3)CC12. The van der Waals surface area contributed by atoms with Gasteiger partial charge in [-0.05, 0) is 35.4 Å². The number of carbonyl (C=O) groups is 3. The van der Waals surface area contributed by atoms with E-state index in [0.29, 0.717) is 28.2 Å². The van der Waals surface area contributed by atoms with Crippen LogP contribution in [0.1, 0.15) is 24.5 Å². The van der Waals surface area contributed by atoms with Crippen LogP contribution in [0.25, 0.3) is 0 Å². The molecule has 0 spiro atoms. The molecule has 2 amide bonds. The highest BCUT2D eigenvalue weighted by molar-refractivity contribution is 14.1. The van der Waals surface area contributed by atoms with Gasteiger partial charge in [-0.3, -0.25) is 25.0 Å². The second-order valence-electron chi connectivity index (χ2n) is 9.23. The molecule has 1 N–H and O–H groups in total. The number of β-lactam (4-membered cyclic amide) rings is 1. The van der Waals surface area contributed by atoms with Crippen molar-refractivity contribution in [2.45, 2.75) is 36.5 Å². The van der Waals surface area contributed by atoms with Gasteiger partial charge in [0, 0.05) is 51.8 Å². The Morgan fingerprint density at radius 2 is 1.56 bits per heavy atom. The minimum absolute atomic E-state index is 0.0541. The molecule has 13 nitrogen and oxygen atoms in total. The van der Waals surface area contributed by atoms with Gasteiger partial charge in [0.15, 0.2) is 0 Å². The van der Waals surface area contributed by atoms with Crippen molar-refractivity contribution in [2.24, 2.45) is 5.92 Å². The fourth-order valence-electron chi connectivity index (χ4n) is 4.50. The highest BCUT2D eigenvalue weighted by atomic mass is 127. The van der Waals surface area contributed by atoms with Crippen molar-refractivity contribution in [3.63, 3.8) is 0 Å². The summed E-state index contributed by atoms with van der Waals surface area (Å²) in [5.74, 6) is -0.599. The van der Waals surface area contributed by atoms with Gasteiger partial charge in [-0.25, -0.2) is 9.59 Å². The number of alkyl carbamates (subject to hydrolysis) is 1. The molecule has 2 aromatic carbocycles. The lowest BCUT2D eigenvalue weighted by molar-refractivity contribution is -0.385. The first kappa shape index (κ1) is 30.2. The molecule has 1 fully saturated rings. The molecule has 1 saturated heterocycles. The Morgan fingerprint density at radius 1 is 1.02 bits per heavy atom. The molecule has 2 heterocycles. The van der Waals surface area contributed by atoms with Gasteiger partial charge in [-0.1, -0.05) is 29.5 Å². The van der Waals surface area contributed by atoms with Crippen molar-refractivity contribution in [1.82, 2.24) is 10.2 Å². The lowest BCUT2D eigenvalue weighted by Crippen LogP contribution is -2.60. The van der Waals surface area contributed by atoms with Crippen molar-refractivity contribution in [3.8, 4) is 0 Å². The maximum Gasteiger partial charge on any atom is 0.407 e. The Balaban J connectivity index is 1.32. The van der Waals surface area contributed by atoms with E-state index in [9.17, 15) is 34.6 Å². The molecule has 4 rings (SSSR count). The fraction of sp³-hybridized carbons (Fsp3) is 0.346. The quantitative estimate of drug-likeness (QED) is 0.0635. The lowest BCUT2D eigenvalue weighted by Gasteiger charge is -2.44. The highest BCUT2D eigenvalue weighted by Crippen LogP contribution is 2.48. The van der Waals surface area contributed by atoms with Crippen LogP contribution in [0.3, 0.4) is 0 Å². The Bertz CT molecular complexity index is 1380. The summed E-state index contributed by atoms with van der Waals surface area (Å²) < 4.78 is 10.7. The van der Waals surface area contributed by atoms with Crippen LogP contribution in [0, 0.1) is 26.1 Å². The van der Waals surface area contributed by atoms with Crippen LogP contribution < -0.4 is 5.32 Å². The van der Waals surface area contributed by atoms with Crippen LogP contribution >= 0.6 is 34.4 Å². The molecular weight excluding hydrogens is 671 g/mol. The van der Waals surface area contributed by atoms with E-state index in [0.717, 1.165) is 0 Å². The fourth-order valence-corrected chi connectivity index (χ4v) is 6.34. The third-order valence-electron chi connectivity index (χ3n) is 6.54. The average molecular weight is 696 g/mol. The van der Waals surface area contributed by atoms with Crippen molar-refractivity contribution in [1.29, 1.82) is 0 Å². The third kappa shape index (κ3) is 7.13. The standard InChI is InChI=1S/C26H25IN4O9S/c1-15(27)22-20-12-21(41-11-10-28-26(34)40-14-17-4-8-19(9-5-17)31(37)38)23(29(20)24(22)32)25(33)39-13-16-2-6-18(7-3-16)30(35)36/h2-9,15,20,22H,10-14H2,1H3,(H,28,34). The van der Waals surface area contributed by atoms with Crippen molar-refractivity contribution < 1.29 is 33.7 Å². The number of rotatable bonds is 12. The van der Waals surface area contributed by atoms with Crippen LogP contribution in [0.4, 0.5) is 16.2 Å². The normalized spacial score (nSPS) is 18.3. The molecule has 216 valence electrons. The number of carbonyl (C=O) groups excluding carboxylic acids is 3. The number of nitro benzene ring substituents is 2. The van der Waals surface area contributed by atoms with Crippen LogP contribution in [0.2, 0.25) is 0 Å². The minimum atomic E-state index is -0.662. The lowest BCUT2D eigenvalue weighted by atomic mass is 9.85. The van der Waals surface area contributed by atoms with Crippen LogP contribution in [0.15, 0.2) is 59.1 Å². The number of halogens is 1. The molecule has 2 aromatic rings. The van der Waals surface area contributed by atoms with E-state index in [1.54, 1.807) is 0 Å². The maximum atomic E-state index is 13.1. The van der Waals surface area contributed by atoms with Gasteiger partial charge in [0.1, 0.15) is 18.9 Å². The summed E-state index contributed by atoms with van der Waals surface area (Å²) in [5, 5.41) is 24.2. The largest absolute Gasteiger partial charge is 0.456 e. The minimum Gasteiger partial charge on any atom is -0.456 e. The summed E-state index contributed by atoms with van der Waals surface area (Å²) in [5.41, 5.74) is 1.23. The van der Waals surface area contributed by atoms with E-state index in [1.165, 1.54) is 65.2 Å². The second-order valence-corrected chi connectivity index (χ2v) is 12.4. The number of ether oxygens (including phenoxy) is 2. The Morgan fingerprint density at radius 3 is 2.07 bits per heavy atom. The number of hydrogen-bond acceptors (Lipinski definition) is 10. The molecule has 0 saturated carbocycles. The Hall–Kier alpha value is -3.73. The van der Waals surface area contributed by atoms with Gasteiger partial charge in [0.2, 0.25) is 5.91 Å². The zero-order chi connectivity index (χ0) is 29.7. The molecule has 0 bridgehead atoms. The van der Waals surface area contributed by atoms with Gasteiger partial charge in [-0.15, -0.1) is 11.8 Å². The predicted molar refractivity (Wildman–Crippen MR) is 156 cm³/mol. The molecule has 0 aliphatic carbocycles. The van der Waals surface area contributed by atoms with E-state index in [2.05, 4.69) is 27.9 Å². The van der Waals surface area contributed by atoms with Gasteiger partial charge < -0.3 is 19.7 Å². The molecule has 3 atom stereocenters. The van der Waals surface area contributed by atoms with Gasteiger partial charge in [0.05, 0.1) is 21.8 Å². The first-order chi connectivity index (χ1) is 19.6. The number of nitro groups is 2. The number of amides is 2. The maximum absolute atomic E-state index is 13.1. The van der Waals surface area contributed by atoms with E-state index in [1.807, 2.05) is 6.92 Å². The van der Waals surface area contributed by atoms with E-state index in [4.69, 9.17) is 9.47 Å². The molecule has 0 aromatic heterocycles. The van der Waals surface area contributed by atoms with E-state index in [-0.39, 0.29) is 58.6 Å². The summed E-state index contributed by atoms with van der Waals surface area (Å²) in [6.07, 6.45) is -0.161. The Kier molecular flexibility index (Phi) is 9.80. The molecular formula is C26H25IN4O9S. The summed E-state index contributed by atoms with van der Waals surface area (Å²) >= 11 is 3.55. The number of nitrogens with one attached hydrogen (secondary N) is 1. The number of benzene rings is 2. The summed E-state index contributed by atoms with van der Waals surface area (Å²) in [6, 6.07) is 11.2. The van der Waals surface area contributed by atoms with E-state index >= 15 is 0 Å². The molecule has 0 radical (unpaired) electrons. The number of alkyl halides is 1. The molecule has 2 aliphatic heterocycles. The first-order valence-electron chi connectivity index (χ1n) is 12.4. The van der Waals surface area contributed by atoms with Gasteiger partial charge in [-0.2, -0.15) is 0 Å². The van der Waals surface area contributed by atoms with Crippen LogP contribution in [-0.4, -0.2) is 55.0 Å². The predicted octanol–water partition coefficient (Wildman–Crippen LogP) is 4.47. The van der Waals surface area contributed by atoms with Crippen LogP contribution in [0.5, 0.6) is 0 Å². The number of fused-ring (bicyclic) bond motifs is 1. The van der Waals surface area contributed by atoms with Crippen LogP contribution in [-0.2, 0) is 32.3 Å². The molecule has 2 aliphatic rings. The first-order valence-corrected chi connectivity index (χ1v) is 14.7. The zero-order valence-corrected chi connectivity index (χ0v) is 24.7. The summed E-state index contributed by atoms with van der Waals surface area (Å²) in [6.45, 7) is 2.01. The van der Waals surface area contributed by atoms with Gasteiger partial charge in [0.25, 0.3) is 11.4 Å². The smallest absolute Gasteiger partial charge is 0.407 e. The third-order valence-corrected chi connectivity index (χ3v) is 8.43. The van der Waals surface area contributed by atoms with Gasteiger partial charge >= 0.3 is 12.1 Å². The molecule has 41 heavy (non-hydrogen) atoms. The number of hydrogen-bond donors (Lipinski definition) is 1. The zero-order valence-electron chi connectivity index (χ0n) is 21.7. The second kappa shape index (κ2) is 13.3. The Labute approximate surface area is 252 Å². The average Bonchev–Trinajstić information content (AvgIpc) is 3.27. The molecule has 3 unspecified atom stereocenters. The van der Waals surface area contributed by atoms with E-state index < -0.39 is 21.9 Å². The topological polar surface area (TPSA) is 171 Å². The number of esters is 1.